The molecule has 1 amide bonds. The number of amides is 1. The molecule has 0 spiro atoms. The van der Waals surface area contributed by atoms with Gasteiger partial charge in [0.2, 0.25) is 0 Å². The topological polar surface area (TPSA) is 56.8 Å². The van der Waals surface area contributed by atoms with E-state index in [0.29, 0.717) is 25.5 Å². The van der Waals surface area contributed by atoms with Crippen molar-refractivity contribution in [3.05, 3.63) is 60.2 Å². The van der Waals surface area contributed by atoms with Crippen molar-refractivity contribution < 1.29 is 19.0 Å². The lowest BCUT2D eigenvalue weighted by atomic mass is 10.2. The Morgan fingerprint density at radius 3 is 2.38 bits per heavy atom. The predicted octanol–water partition coefficient (Wildman–Crippen LogP) is 2.80. The molecule has 24 heavy (non-hydrogen) atoms. The molecule has 2 aromatic carbocycles. The van der Waals surface area contributed by atoms with Gasteiger partial charge in [0.15, 0.2) is 6.10 Å². The number of nitrogens with one attached hydrogen (secondary N) is 1. The molecule has 0 aliphatic rings. The van der Waals surface area contributed by atoms with Gasteiger partial charge in [0, 0.05) is 6.54 Å². The van der Waals surface area contributed by atoms with Crippen LogP contribution in [0.1, 0.15) is 12.5 Å². The average molecular weight is 329 g/mol. The van der Waals surface area contributed by atoms with Crippen molar-refractivity contribution in [2.45, 2.75) is 19.6 Å². The van der Waals surface area contributed by atoms with E-state index in [0.717, 1.165) is 11.3 Å². The van der Waals surface area contributed by atoms with Crippen LogP contribution in [0.4, 0.5) is 0 Å². The molecular weight excluding hydrogens is 306 g/mol. The standard InChI is InChI=1S/C19H23NO4/c1-15(24-18-10-8-17(22-2)9-11-18)19(21)20-12-13-23-14-16-6-4-3-5-7-16/h3-11,15H,12-14H2,1-2H3,(H,20,21)/t15-/m0/s1. The first-order chi connectivity index (χ1) is 11.7. The van der Waals surface area contributed by atoms with Gasteiger partial charge in [0.05, 0.1) is 20.3 Å². The highest BCUT2D eigenvalue weighted by atomic mass is 16.5. The Bertz CT molecular complexity index is 613. The van der Waals surface area contributed by atoms with Crippen molar-refractivity contribution in [3.63, 3.8) is 0 Å². The molecule has 0 unspecified atom stereocenters. The van der Waals surface area contributed by atoms with Crippen molar-refractivity contribution in [2.24, 2.45) is 0 Å². The normalized spacial score (nSPS) is 11.6. The molecule has 128 valence electrons. The van der Waals surface area contributed by atoms with E-state index in [4.69, 9.17) is 14.2 Å². The van der Waals surface area contributed by atoms with Gasteiger partial charge < -0.3 is 19.5 Å². The lowest BCUT2D eigenvalue weighted by molar-refractivity contribution is -0.127. The summed E-state index contributed by atoms with van der Waals surface area (Å²) in [5.41, 5.74) is 1.11. The van der Waals surface area contributed by atoms with Crippen LogP contribution >= 0.6 is 0 Å². The fourth-order valence-corrected chi connectivity index (χ4v) is 2.07. The summed E-state index contributed by atoms with van der Waals surface area (Å²) in [6.45, 7) is 3.15. The van der Waals surface area contributed by atoms with E-state index < -0.39 is 6.10 Å². The van der Waals surface area contributed by atoms with E-state index >= 15 is 0 Å². The molecule has 2 rings (SSSR count). The first-order valence-corrected chi connectivity index (χ1v) is 7.89. The van der Waals surface area contributed by atoms with Crippen LogP contribution in [0.5, 0.6) is 11.5 Å². The van der Waals surface area contributed by atoms with Crippen LogP contribution in [0.15, 0.2) is 54.6 Å². The van der Waals surface area contributed by atoms with Crippen LogP contribution in [0, 0.1) is 0 Å². The zero-order valence-electron chi connectivity index (χ0n) is 14.0. The van der Waals surface area contributed by atoms with Crippen molar-refractivity contribution in [2.75, 3.05) is 20.3 Å². The molecule has 5 nitrogen and oxygen atoms in total. The van der Waals surface area contributed by atoms with E-state index in [1.165, 1.54) is 0 Å². The molecule has 0 heterocycles. The molecule has 1 N–H and O–H groups in total. The van der Waals surface area contributed by atoms with Gasteiger partial charge >= 0.3 is 0 Å². The Balaban J connectivity index is 1.64. The Hall–Kier alpha value is -2.53. The van der Waals surface area contributed by atoms with Gasteiger partial charge in [-0.3, -0.25) is 4.79 Å². The fraction of sp³-hybridized carbons (Fsp3) is 0.316. The first kappa shape index (κ1) is 17.8. The second-order valence-corrected chi connectivity index (χ2v) is 5.26. The molecule has 0 aliphatic carbocycles. The number of benzene rings is 2. The third-order valence-corrected chi connectivity index (χ3v) is 3.40. The van der Waals surface area contributed by atoms with Crippen molar-refractivity contribution in [1.82, 2.24) is 5.32 Å². The maximum atomic E-state index is 12.0. The minimum Gasteiger partial charge on any atom is -0.497 e. The minimum atomic E-state index is -0.576. The number of methoxy groups -OCH3 is 1. The van der Waals surface area contributed by atoms with Gasteiger partial charge in [-0.15, -0.1) is 0 Å². The molecule has 2 aromatic rings. The number of hydrogen-bond acceptors (Lipinski definition) is 4. The number of hydrogen-bond donors (Lipinski definition) is 1. The van der Waals surface area contributed by atoms with Crippen LogP contribution in [-0.2, 0) is 16.1 Å². The maximum Gasteiger partial charge on any atom is 0.260 e. The zero-order valence-corrected chi connectivity index (χ0v) is 14.0. The van der Waals surface area contributed by atoms with Crippen LogP contribution in [0.3, 0.4) is 0 Å². The lowest BCUT2D eigenvalue weighted by Gasteiger charge is -2.15. The lowest BCUT2D eigenvalue weighted by Crippen LogP contribution is -2.38. The summed E-state index contributed by atoms with van der Waals surface area (Å²) in [6, 6.07) is 17.0. The summed E-state index contributed by atoms with van der Waals surface area (Å²) in [5, 5.41) is 2.80. The van der Waals surface area contributed by atoms with E-state index in [1.54, 1.807) is 38.3 Å². The molecule has 0 bridgehead atoms. The van der Waals surface area contributed by atoms with Crippen molar-refractivity contribution >= 4 is 5.91 Å². The summed E-state index contributed by atoms with van der Waals surface area (Å²) in [6.07, 6.45) is -0.576. The largest absolute Gasteiger partial charge is 0.497 e. The highest BCUT2D eigenvalue weighted by Gasteiger charge is 2.13. The van der Waals surface area contributed by atoms with Gasteiger partial charge in [-0.1, -0.05) is 30.3 Å². The quantitative estimate of drug-likeness (QED) is 0.719. The summed E-state index contributed by atoms with van der Waals surface area (Å²) in [7, 11) is 1.60. The Kier molecular flexibility index (Phi) is 7.11. The number of rotatable bonds is 9. The third-order valence-electron chi connectivity index (χ3n) is 3.40. The molecule has 1 atom stereocenters. The van der Waals surface area contributed by atoms with Crippen LogP contribution in [0.2, 0.25) is 0 Å². The maximum absolute atomic E-state index is 12.0. The molecule has 0 fully saturated rings. The molecule has 0 saturated carbocycles. The molecular formula is C19H23NO4. The SMILES string of the molecule is COc1ccc(O[C@@H](C)C(=O)NCCOCc2ccccc2)cc1. The predicted molar refractivity (Wildman–Crippen MR) is 92.2 cm³/mol. The minimum absolute atomic E-state index is 0.172. The molecule has 5 heteroatoms. The van der Waals surface area contributed by atoms with Gasteiger partial charge in [-0.25, -0.2) is 0 Å². The van der Waals surface area contributed by atoms with Gasteiger partial charge in [-0.05, 0) is 36.8 Å². The second kappa shape index (κ2) is 9.57. The fourth-order valence-electron chi connectivity index (χ4n) is 2.07. The van der Waals surface area contributed by atoms with Crippen LogP contribution in [-0.4, -0.2) is 32.3 Å². The molecule has 0 radical (unpaired) electrons. The number of ether oxygens (including phenoxy) is 3. The van der Waals surface area contributed by atoms with Crippen LogP contribution < -0.4 is 14.8 Å². The van der Waals surface area contributed by atoms with Gasteiger partial charge in [-0.2, -0.15) is 0 Å². The van der Waals surface area contributed by atoms with E-state index in [1.807, 2.05) is 30.3 Å². The van der Waals surface area contributed by atoms with Crippen molar-refractivity contribution in [3.8, 4) is 11.5 Å². The van der Waals surface area contributed by atoms with Crippen LogP contribution in [0.25, 0.3) is 0 Å². The van der Waals surface area contributed by atoms with E-state index in [-0.39, 0.29) is 5.91 Å². The number of carbonyl (C=O) groups excluding carboxylic acids is 1. The highest BCUT2D eigenvalue weighted by molar-refractivity contribution is 5.80. The smallest absolute Gasteiger partial charge is 0.260 e. The van der Waals surface area contributed by atoms with Gasteiger partial charge in [0.1, 0.15) is 11.5 Å². The van der Waals surface area contributed by atoms with Crippen molar-refractivity contribution in [1.29, 1.82) is 0 Å². The Labute approximate surface area is 142 Å². The van der Waals surface area contributed by atoms with E-state index in [2.05, 4.69) is 5.32 Å². The zero-order chi connectivity index (χ0) is 17.2. The monoisotopic (exact) mass is 329 g/mol. The Morgan fingerprint density at radius 1 is 1.04 bits per heavy atom. The third kappa shape index (κ3) is 5.93. The summed E-state index contributed by atoms with van der Waals surface area (Å²) in [4.78, 5) is 12.0. The number of carbonyl (C=O) groups is 1. The second-order valence-electron chi connectivity index (χ2n) is 5.26. The highest BCUT2D eigenvalue weighted by Crippen LogP contribution is 2.18. The summed E-state index contributed by atoms with van der Waals surface area (Å²) in [5.74, 6) is 1.20. The van der Waals surface area contributed by atoms with Gasteiger partial charge in [0.25, 0.3) is 5.91 Å². The summed E-state index contributed by atoms with van der Waals surface area (Å²) >= 11 is 0. The Morgan fingerprint density at radius 2 is 1.71 bits per heavy atom. The first-order valence-electron chi connectivity index (χ1n) is 7.89. The summed E-state index contributed by atoms with van der Waals surface area (Å²) < 4.78 is 16.2. The molecule has 0 aromatic heterocycles. The van der Waals surface area contributed by atoms with E-state index in [9.17, 15) is 4.79 Å². The molecule has 0 saturated heterocycles. The average Bonchev–Trinajstić information content (AvgIpc) is 2.62. The molecule has 0 aliphatic heterocycles.